The summed E-state index contributed by atoms with van der Waals surface area (Å²) in [6.45, 7) is 0. The van der Waals surface area contributed by atoms with Gasteiger partial charge in [-0.25, -0.2) is 9.97 Å². The minimum atomic E-state index is 0.701. The van der Waals surface area contributed by atoms with Crippen molar-refractivity contribution >= 4 is 63.8 Å². The first-order valence-electron chi connectivity index (χ1n) is 18.7. The molecular weight excluding hydrogens is 685 g/mol. The Hall–Kier alpha value is -6.94. The molecule has 2 nitrogen and oxygen atoms in total. The van der Waals surface area contributed by atoms with E-state index in [1.54, 1.807) is 0 Å². The number of rotatable bonds is 5. The van der Waals surface area contributed by atoms with Crippen molar-refractivity contribution in [1.82, 2.24) is 9.97 Å². The molecule has 55 heavy (non-hydrogen) atoms. The standard InChI is InChI=1S/C52H32N2S/c1-3-17-34(18-4-1)48-40-24-11-12-25-41(40)51(50-36-21-8-7-16-33(36)30-31-43(48)50)45-32-44(53-52(54-45)35-19-5-2-6-20-35)38-23-10-9-22-37(38)39-27-15-29-47-49(39)42-26-13-14-28-46(42)55-47/h1-32H. The SMILES string of the molecule is c1ccc(-c2nc(-c3ccccc3-c3cccc4sc5ccccc5c34)cc(-c3c4ccccc4c(-c4ccccc4)c4ccc5ccccc5c34)n2)cc1. The number of hydrogen-bond acceptors (Lipinski definition) is 3. The van der Waals surface area contributed by atoms with E-state index in [0.717, 1.165) is 39.0 Å². The number of aromatic nitrogens is 2. The molecule has 0 saturated heterocycles. The van der Waals surface area contributed by atoms with Crippen LogP contribution in [0.1, 0.15) is 0 Å². The highest BCUT2D eigenvalue weighted by Gasteiger charge is 2.22. The molecule has 0 fully saturated rings. The molecule has 0 N–H and O–H groups in total. The first-order chi connectivity index (χ1) is 27.3. The lowest BCUT2D eigenvalue weighted by Gasteiger charge is -2.20. The minimum Gasteiger partial charge on any atom is -0.228 e. The van der Waals surface area contributed by atoms with Gasteiger partial charge in [0.05, 0.1) is 11.4 Å². The van der Waals surface area contributed by atoms with Crippen molar-refractivity contribution in [2.24, 2.45) is 0 Å². The van der Waals surface area contributed by atoms with Crippen LogP contribution in [0.2, 0.25) is 0 Å². The van der Waals surface area contributed by atoms with E-state index in [-0.39, 0.29) is 0 Å². The molecule has 0 unspecified atom stereocenters. The fourth-order valence-corrected chi connectivity index (χ4v) is 9.63. The highest BCUT2D eigenvalue weighted by Crippen LogP contribution is 2.47. The zero-order valence-corrected chi connectivity index (χ0v) is 30.6. The fourth-order valence-electron chi connectivity index (χ4n) is 8.50. The lowest BCUT2D eigenvalue weighted by molar-refractivity contribution is 1.19. The molecule has 0 saturated carbocycles. The van der Waals surface area contributed by atoms with Crippen LogP contribution < -0.4 is 0 Å². The van der Waals surface area contributed by atoms with Gasteiger partial charge in [0.25, 0.3) is 0 Å². The van der Waals surface area contributed by atoms with Crippen molar-refractivity contribution in [3.05, 3.63) is 194 Å². The number of benzene rings is 9. The monoisotopic (exact) mass is 716 g/mol. The molecule has 2 heterocycles. The Morgan fingerprint density at radius 2 is 0.909 bits per heavy atom. The lowest BCUT2D eigenvalue weighted by atomic mass is 9.85. The summed E-state index contributed by atoms with van der Waals surface area (Å²) < 4.78 is 2.58. The van der Waals surface area contributed by atoms with Crippen molar-refractivity contribution in [3.8, 4) is 56.2 Å². The molecule has 0 aliphatic rings. The van der Waals surface area contributed by atoms with Crippen molar-refractivity contribution in [2.75, 3.05) is 0 Å². The third-order valence-corrected chi connectivity index (χ3v) is 12.0. The quantitative estimate of drug-likeness (QED) is 0.131. The lowest BCUT2D eigenvalue weighted by Crippen LogP contribution is -1.99. The van der Waals surface area contributed by atoms with E-state index in [9.17, 15) is 0 Å². The van der Waals surface area contributed by atoms with Gasteiger partial charge in [0.2, 0.25) is 0 Å². The van der Waals surface area contributed by atoms with E-state index >= 15 is 0 Å². The summed E-state index contributed by atoms with van der Waals surface area (Å²) in [4.78, 5) is 10.9. The highest BCUT2D eigenvalue weighted by atomic mass is 32.1. The van der Waals surface area contributed by atoms with Crippen LogP contribution in [0.5, 0.6) is 0 Å². The molecule has 0 aliphatic carbocycles. The number of fused-ring (bicyclic) bond motifs is 7. The molecule has 0 atom stereocenters. The van der Waals surface area contributed by atoms with E-state index in [4.69, 9.17) is 9.97 Å². The maximum atomic E-state index is 5.48. The molecule has 256 valence electrons. The molecule has 3 heteroatoms. The predicted molar refractivity (Wildman–Crippen MR) is 235 cm³/mol. The Kier molecular flexibility index (Phi) is 7.39. The zero-order chi connectivity index (χ0) is 36.3. The predicted octanol–water partition coefficient (Wildman–Crippen LogP) is 14.6. The van der Waals surface area contributed by atoms with E-state index < -0.39 is 0 Å². The van der Waals surface area contributed by atoms with E-state index in [0.29, 0.717) is 5.82 Å². The summed E-state index contributed by atoms with van der Waals surface area (Å²) in [5.41, 5.74) is 9.75. The van der Waals surface area contributed by atoms with Crippen molar-refractivity contribution in [2.45, 2.75) is 0 Å². The van der Waals surface area contributed by atoms with Crippen LogP contribution in [0, 0.1) is 0 Å². The van der Waals surface area contributed by atoms with Gasteiger partial charge >= 0.3 is 0 Å². The summed E-state index contributed by atoms with van der Waals surface area (Å²) in [5.74, 6) is 0.701. The second-order valence-corrected chi connectivity index (χ2v) is 15.1. The molecule has 0 spiro atoms. The summed E-state index contributed by atoms with van der Waals surface area (Å²) >= 11 is 1.85. The van der Waals surface area contributed by atoms with Gasteiger partial charge in [0.1, 0.15) is 0 Å². The average molecular weight is 717 g/mol. The second kappa shape index (κ2) is 12.9. The minimum absolute atomic E-state index is 0.701. The zero-order valence-electron chi connectivity index (χ0n) is 29.8. The third kappa shape index (κ3) is 5.16. The van der Waals surface area contributed by atoms with Crippen molar-refractivity contribution < 1.29 is 0 Å². The Morgan fingerprint density at radius 3 is 1.71 bits per heavy atom. The number of hydrogen-bond donors (Lipinski definition) is 0. The molecule has 0 amide bonds. The average Bonchev–Trinajstić information content (AvgIpc) is 3.65. The second-order valence-electron chi connectivity index (χ2n) is 14.0. The highest BCUT2D eigenvalue weighted by molar-refractivity contribution is 7.25. The molecule has 0 bridgehead atoms. The van der Waals surface area contributed by atoms with Gasteiger partial charge in [-0.05, 0) is 67.4 Å². The molecule has 11 aromatic rings. The van der Waals surface area contributed by atoms with Gasteiger partial charge in [-0.2, -0.15) is 0 Å². The molecular formula is C52H32N2S. The summed E-state index contributed by atoms with van der Waals surface area (Å²) in [6.07, 6.45) is 0. The van der Waals surface area contributed by atoms with Crippen LogP contribution in [-0.2, 0) is 0 Å². The maximum absolute atomic E-state index is 5.48. The molecule has 2 aromatic heterocycles. The van der Waals surface area contributed by atoms with Gasteiger partial charge in [-0.15, -0.1) is 11.3 Å². The molecule has 11 rings (SSSR count). The van der Waals surface area contributed by atoms with Crippen LogP contribution in [-0.4, -0.2) is 9.97 Å². The van der Waals surface area contributed by atoms with Crippen LogP contribution in [0.15, 0.2) is 194 Å². The Morgan fingerprint density at radius 1 is 0.327 bits per heavy atom. The summed E-state index contributed by atoms with van der Waals surface area (Å²) in [7, 11) is 0. The molecule has 0 aliphatic heterocycles. The van der Waals surface area contributed by atoms with Gasteiger partial charge in [0, 0.05) is 42.2 Å². The number of nitrogens with zero attached hydrogens (tertiary/aromatic N) is 2. The van der Waals surface area contributed by atoms with Crippen LogP contribution in [0.4, 0.5) is 0 Å². The fraction of sp³-hybridized carbons (Fsp3) is 0. The normalized spacial score (nSPS) is 11.6. The van der Waals surface area contributed by atoms with Crippen LogP contribution >= 0.6 is 11.3 Å². The summed E-state index contributed by atoms with van der Waals surface area (Å²) in [5, 5.41) is 9.73. The van der Waals surface area contributed by atoms with Crippen LogP contribution in [0.3, 0.4) is 0 Å². The molecule has 9 aromatic carbocycles. The van der Waals surface area contributed by atoms with E-state index in [2.05, 4.69) is 188 Å². The Labute approximate surface area is 322 Å². The van der Waals surface area contributed by atoms with Crippen molar-refractivity contribution in [3.63, 3.8) is 0 Å². The third-order valence-electron chi connectivity index (χ3n) is 10.9. The summed E-state index contributed by atoms with van der Waals surface area (Å²) in [6, 6.07) is 69.7. The Bertz CT molecular complexity index is 3250. The topological polar surface area (TPSA) is 25.8 Å². The van der Waals surface area contributed by atoms with Crippen LogP contribution in [0.25, 0.3) is 109 Å². The largest absolute Gasteiger partial charge is 0.228 e. The van der Waals surface area contributed by atoms with E-state index in [1.165, 1.54) is 63.8 Å². The van der Waals surface area contributed by atoms with Gasteiger partial charge in [0.15, 0.2) is 5.82 Å². The van der Waals surface area contributed by atoms with Gasteiger partial charge < -0.3 is 0 Å². The Balaban J connectivity index is 1.26. The number of thiophene rings is 1. The van der Waals surface area contributed by atoms with E-state index in [1.807, 2.05) is 17.4 Å². The van der Waals surface area contributed by atoms with Gasteiger partial charge in [-0.3, -0.25) is 0 Å². The van der Waals surface area contributed by atoms with Crippen molar-refractivity contribution in [1.29, 1.82) is 0 Å². The first-order valence-corrected chi connectivity index (χ1v) is 19.5. The van der Waals surface area contributed by atoms with Gasteiger partial charge in [-0.1, -0.05) is 176 Å². The maximum Gasteiger partial charge on any atom is 0.160 e. The molecule has 0 radical (unpaired) electrons. The smallest absolute Gasteiger partial charge is 0.160 e. The first kappa shape index (κ1) is 31.6.